The minimum Gasteiger partial charge on any atom is -0.496 e. The van der Waals surface area contributed by atoms with Crippen LogP contribution in [0.15, 0.2) is 41.4 Å². The molecule has 6 nitrogen and oxygen atoms in total. The summed E-state index contributed by atoms with van der Waals surface area (Å²) < 4.78 is 16.2. The first-order valence-corrected chi connectivity index (χ1v) is 8.47. The van der Waals surface area contributed by atoms with Gasteiger partial charge in [-0.2, -0.15) is 0 Å². The molecule has 0 aliphatic rings. The zero-order valence-corrected chi connectivity index (χ0v) is 18.9. The predicted octanol–water partition coefficient (Wildman–Crippen LogP) is 3.85. The Morgan fingerprint density at radius 2 is 1.59 bits per heavy atom. The van der Waals surface area contributed by atoms with Crippen LogP contribution in [0.5, 0.6) is 17.2 Å². The molecule has 0 amide bonds. The second kappa shape index (κ2) is 11.8. The van der Waals surface area contributed by atoms with Gasteiger partial charge in [-0.15, -0.1) is 24.0 Å². The van der Waals surface area contributed by atoms with Gasteiger partial charge in [-0.1, -0.05) is 23.7 Å². The Balaban J connectivity index is 0.00000364. The minimum absolute atomic E-state index is 0. The van der Waals surface area contributed by atoms with Gasteiger partial charge < -0.3 is 24.8 Å². The average Bonchev–Trinajstić information content (AvgIpc) is 2.67. The van der Waals surface area contributed by atoms with Crippen molar-refractivity contribution in [3.05, 3.63) is 52.5 Å². The van der Waals surface area contributed by atoms with Crippen LogP contribution in [0.3, 0.4) is 0 Å². The Kier molecular flexibility index (Phi) is 10.1. The molecule has 2 rings (SSSR count). The number of aliphatic imine (C=N–C) groups is 1. The van der Waals surface area contributed by atoms with E-state index in [1.54, 1.807) is 28.4 Å². The summed E-state index contributed by atoms with van der Waals surface area (Å²) in [6, 6.07) is 11.3. The maximum absolute atomic E-state index is 6.02. The molecule has 0 heterocycles. The standard InChI is InChI=1S/C19H24ClN3O3.HI/c1-21-19(22-11-13-6-5-7-14(20)8-13)23-12-16-17(25-3)9-15(24-2)10-18(16)26-4;/h5-10H,11-12H2,1-4H3,(H2,21,22,23);1H. The van der Waals surface area contributed by atoms with Crippen LogP contribution in [0.25, 0.3) is 0 Å². The molecule has 0 atom stereocenters. The van der Waals surface area contributed by atoms with Gasteiger partial charge in [0.1, 0.15) is 17.2 Å². The molecule has 2 aromatic carbocycles. The van der Waals surface area contributed by atoms with Gasteiger partial charge >= 0.3 is 0 Å². The van der Waals surface area contributed by atoms with Gasteiger partial charge in [0.25, 0.3) is 0 Å². The molecule has 27 heavy (non-hydrogen) atoms. The second-order valence-electron chi connectivity index (χ2n) is 5.42. The summed E-state index contributed by atoms with van der Waals surface area (Å²) in [4.78, 5) is 4.24. The number of hydrogen-bond acceptors (Lipinski definition) is 4. The lowest BCUT2D eigenvalue weighted by molar-refractivity contribution is 0.368. The Hall–Kier alpha value is -1.87. The normalized spacial score (nSPS) is 10.6. The fourth-order valence-corrected chi connectivity index (χ4v) is 2.69. The molecule has 0 aliphatic carbocycles. The lowest BCUT2D eigenvalue weighted by Crippen LogP contribution is -2.36. The third-order valence-electron chi connectivity index (χ3n) is 3.82. The van der Waals surface area contributed by atoms with E-state index in [1.165, 1.54) is 0 Å². The first-order valence-electron chi connectivity index (χ1n) is 8.09. The number of guanidine groups is 1. The van der Waals surface area contributed by atoms with Gasteiger partial charge in [-0.3, -0.25) is 4.99 Å². The third-order valence-corrected chi connectivity index (χ3v) is 4.06. The maximum atomic E-state index is 6.02. The number of benzene rings is 2. The summed E-state index contributed by atoms with van der Waals surface area (Å²) in [6.45, 7) is 1.09. The molecule has 0 spiro atoms. The van der Waals surface area contributed by atoms with Crippen molar-refractivity contribution in [2.24, 2.45) is 4.99 Å². The van der Waals surface area contributed by atoms with Crippen LogP contribution in [-0.4, -0.2) is 34.3 Å². The Morgan fingerprint density at radius 3 is 2.11 bits per heavy atom. The zero-order valence-electron chi connectivity index (χ0n) is 15.8. The topological polar surface area (TPSA) is 64.1 Å². The number of nitrogens with one attached hydrogen (secondary N) is 2. The van der Waals surface area contributed by atoms with E-state index in [1.807, 2.05) is 36.4 Å². The molecule has 0 saturated heterocycles. The second-order valence-corrected chi connectivity index (χ2v) is 5.86. The number of hydrogen-bond donors (Lipinski definition) is 2. The summed E-state index contributed by atoms with van der Waals surface area (Å²) in [5.41, 5.74) is 1.95. The predicted molar refractivity (Wildman–Crippen MR) is 120 cm³/mol. The smallest absolute Gasteiger partial charge is 0.191 e. The van der Waals surface area contributed by atoms with Crippen molar-refractivity contribution in [3.63, 3.8) is 0 Å². The molecular formula is C19H25ClIN3O3. The van der Waals surface area contributed by atoms with E-state index in [9.17, 15) is 0 Å². The lowest BCUT2D eigenvalue weighted by Gasteiger charge is -2.17. The summed E-state index contributed by atoms with van der Waals surface area (Å²) in [5, 5.41) is 7.23. The van der Waals surface area contributed by atoms with Gasteiger partial charge in [0.15, 0.2) is 5.96 Å². The van der Waals surface area contributed by atoms with E-state index in [0.717, 1.165) is 11.1 Å². The quantitative estimate of drug-likeness (QED) is 0.340. The molecule has 0 unspecified atom stereocenters. The van der Waals surface area contributed by atoms with Crippen molar-refractivity contribution in [2.45, 2.75) is 13.1 Å². The monoisotopic (exact) mass is 505 g/mol. The van der Waals surface area contributed by atoms with Crippen molar-refractivity contribution in [1.29, 1.82) is 0 Å². The number of halogens is 2. The van der Waals surface area contributed by atoms with Gasteiger partial charge in [-0.05, 0) is 17.7 Å². The largest absolute Gasteiger partial charge is 0.496 e. The van der Waals surface area contributed by atoms with Crippen molar-refractivity contribution < 1.29 is 14.2 Å². The fourth-order valence-electron chi connectivity index (χ4n) is 2.48. The minimum atomic E-state index is 0. The molecule has 2 N–H and O–H groups in total. The van der Waals surface area contributed by atoms with Crippen LogP contribution in [0.1, 0.15) is 11.1 Å². The van der Waals surface area contributed by atoms with Crippen LogP contribution in [0.2, 0.25) is 5.02 Å². The summed E-state index contributed by atoms with van der Waals surface area (Å²) >= 11 is 6.02. The molecule has 2 aromatic rings. The molecule has 0 saturated carbocycles. The van der Waals surface area contributed by atoms with Crippen LogP contribution >= 0.6 is 35.6 Å². The van der Waals surface area contributed by atoms with Crippen molar-refractivity contribution >= 4 is 41.5 Å². The van der Waals surface area contributed by atoms with Crippen LogP contribution in [0.4, 0.5) is 0 Å². The van der Waals surface area contributed by atoms with Gasteiger partial charge in [-0.25, -0.2) is 0 Å². The summed E-state index contributed by atoms with van der Waals surface area (Å²) in [7, 11) is 6.55. The maximum Gasteiger partial charge on any atom is 0.191 e. The molecule has 0 fully saturated rings. The fraction of sp³-hybridized carbons (Fsp3) is 0.316. The third kappa shape index (κ3) is 6.66. The first kappa shape index (κ1) is 23.2. The molecular weight excluding hydrogens is 481 g/mol. The van der Waals surface area contributed by atoms with E-state index in [0.29, 0.717) is 41.3 Å². The molecule has 8 heteroatoms. The van der Waals surface area contributed by atoms with E-state index in [2.05, 4.69) is 15.6 Å². The highest BCUT2D eigenvalue weighted by Gasteiger charge is 2.13. The van der Waals surface area contributed by atoms with Gasteiger partial charge in [0.05, 0.1) is 33.4 Å². The molecule has 0 radical (unpaired) electrons. The highest BCUT2D eigenvalue weighted by molar-refractivity contribution is 14.0. The molecule has 0 aromatic heterocycles. The Bertz CT molecular complexity index is 747. The number of ether oxygens (including phenoxy) is 3. The van der Waals surface area contributed by atoms with Crippen LogP contribution < -0.4 is 24.8 Å². The lowest BCUT2D eigenvalue weighted by atomic mass is 10.1. The highest BCUT2D eigenvalue weighted by Crippen LogP contribution is 2.33. The molecule has 0 bridgehead atoms. The summed E-state index contributed by atoms with van der Waals surface area (Å²) in [6.07, 6.45) is 0. The van der Waals surface area contributed by atoms with E-state index >= 15 is 0 Å². The number of methoxy groups -OCH3 is 3. The highest BCUT2D eigenvalue weighted by atomic mass is 127. The first-order chi connectivity index (χ1) is 12.6. The molecule has 0 aliphatic heterocycles. The summed E-state index contributed by atoms with van der Waals surface area (Å²) in [5.74, 6) is 2.69. The average molecular weight is 506 g/mol. The van der Waals surface area contributed by atoms with Crippen molar-refractivity contribution in [3.8, 4) is 17.2 Å². The number of nitrogens with zero attached hydrogens (tertiary/aromatic N) is 1. The van der Waals surface area contributed by atoms with E-state index in [4.69, 9.17) is 25.8 Å². The van der Waals surface area contributed by atoms with Crippen LogP contribution in [-0.2, 0) is 13.1 Å². The SMILES string of the molecule is CN=C(NCc1cccc(Cl)c1)NCc1c(OC)cc(OC)cc1OC.I. The van der Waals surface area contributed by atoms with Crippen molar-refractivity contribution in [1.82, 2.24) is 10.6 Å². The van der Waals surface area contributed by atoms with E-state index < -0.39 is 0 Å². The van der Waals surface area contributed by atoms with Gasteiger partial charge in [0.2, 0.25) is 0 Å². The van der Waals surface area contributed by atoms with Gasteiger partial charge in [0, 0.05) is 30.7 Å². The zero-order chi connectivity index (χ0) is 18.9. The molecule has 148 valence electrons. The van der Waals surface area contributed by atoms with Crippen molar-refractivity contribution in [2.75, 3.05) is 28.4 Å². The van der Waals surface area contributed by atoms with E-state index in [-0.39, 0.29) is 24.0 Å². The number of rotatable bonds is 7. The Labute approximate surface area is 182 Å². The van der Waals surface area contributed by atoms with Crippen LogP contribution in [0, 0.1) is 0 Å². The Morgan fingerprint density at radius 1 is 0.963 bits per heavy atom.